The molecule has 1 aromatic carbocycles. The molecule has 0 saturated heterocycles. The number of aromatic nitrogens is 5. The predicted molar refractivity (Wildman–Crippen MR) is 99.7 cm³/mol. The third kappa shape index (κ3) is 4.06. The number of fused-ring (bicyclic) bond motifs is 1. The van der Waals surface area contributed by atoms with Crippen LogP contribution in [0, 0.1) is 0 Å². The Morgan fingerprint density at radius 3 is 2.63 bits per heavy atom. The molecule has 4 aromatic rings. The van der Waals surface area contributed by atoms with Crippen molar-refractivity contribution < 1.29 is 9.84 Å². The normalized spacial score (nSPS) is 10.7. The number of benzene rings is 1. The minimum atomic E-state index is -0.0721. The molecule has 3 heterocycles. The van der Waals surface area contributed by atoms with Gasteiger partial charge in [-0.2, -0.15) is 4.98 Å². The first-order valence-electron chi connectivity index (χ1n) is 8.36. The van der Waals surface area contributed by atoms with Crippen molar-refractivity contribution in [1.29, 1.82) is 0 Å². The summed E-state index contributed by atoms with van der Waals surface area (Å²) in [6.45, 7) is 0.691. The first-order valence-corrected chi connectivity index (χ1v) is 8.36. The van der Waals surface area contributed by atoms with Gasteiger partial charge in [0.1, 0.15) is 17.6 Å². The van der Waals surface area contributed by atoms with Crippen LogP contribution in [0.4, 0.5) is 5.82 Å². The minimum absolute atomic E-state index is 0.0721. The molecule has 3 aromatic heterocycles. The van der Waals surface area contributed by atoms with Crippen LogP contribution in [-0.4, -0.2) is 36.6 Å². The number of aromatic hydroxyl groups is 1. The first kappa shape index (κ1) is 16.6. The summed E-state index contributed by atoms with van der Waals surface area (Å²) in [5, 5.41) is 12.7. The first-order chi connectivity index (χ1) is 13.3. The summed E-state index contributed by atoms with van der Waals surface area (Å²) in [5.74, 6) is 1.60. The maximum absolute atomic E-state index is 9.38. The summed E-state index contributed by atoms with van der Waals surface area (Å²) in [5.41, 5.74) is 2.36. The molecule has 0 saturated carbocycles. The zero-order valence-electron chi connectivity index (χ0n) is 14.3. The molecule has 2 N–H and O–H groups in total. The molecule has 4 rings (SSSR count). The van der Waals surface area contributed by atoms with E-state index < -0.39 is 0 Å². The molecular formula is C19H16N6O2. The Hall–Kier alpha value is -3.81. The van der Waals surface area contributed by atoms with Crippen LogP contribution < -0.4 is 10.1 Å². The van der Waals surface area contributed by atoms with Crippen LogP contribution in [0.25, 0.3) is 11.2 Å². The average molecular weight is 360 g/mol. The van der Waals surface area contributed by atoms with E-state index >= 15 is 0 Å². The number of nitrogens with zero attached hydrogens (tertiary/aromatic N) is 5. The second-order valence-corrected chi connectivity index (χ2v) is 5.71. The van der Waals surface area contributed by atoms with Gasteiger partial charge in [0.25, 0.3) is 0 Å². The van der Waals surface area contributed by atoms with E-state index in [1.165, 1.54) is 12.4 Å². The van der Waals surface area contributed by atoms with Gasteiger partial charge in [-0.25, -0.2) is 19.9 Å². The Morgan fingerprint density at radius 1 is 0.926 bits per heavy atom. The highest BCUT2D eigenvalue weighted by molar-refractivity contribution is 5.81. The summed E-state index contributed by atoms with van der Waals surface area (Å²) in [7, 11) is 0. The topological polar surface area (TPSA) is 106 Å². The lowest BCUT2D eigenvalue weighted by molar-refractivity contribution is 0.419. The van der Waals surface area contributed by atoms with E-state index in [-0.39, 0.29) is 5.88 Å². The monoisotopic (exact) mass is 360 g/mol. The Bertz CT molecular complexity index is 1050. The third-order valence-electron chi connectivity index (χ3n) is 3.83. The average Bonchev–Trinajstić information content (AvgIpc) is 2.70. The number of nitrogens with one attached hydrogen (secondary N) is 1. The van der Waals surface area contributed by atoms with E-state index in [1.807, 2.05) is 24.3 Å². The van der Waals surface area contributed by atoms with E-state index in [1.54, 1.807) is 24.5 Å². The minimum Gasteiger partial charge on any atom is -0.493 e. The van der Waals surface area contributed by atoms with Gasteiger partial charge in [-0.05, 0) is 24.1 Å². The second-order valence-electron chi connectivity index (χ2n) is 5.71. The van der Waals surface area contributed by atoms with Gasteiger partial charge in [0.2, 0.25) is 11.8 Å². The molecule has 0 unspecified atom stereocenters. The largest absolute Gasteiger partial charge is 0.493 e. The van der Waals surface area contributed by atoms with Gasteiger partial charge >= 0.3 is 0 Å². The number of hydrogen-bond acceptors (Lipinski definition) is 8. The van der Waals surface area contributed by atoms with Gasteiger partial charge < -0.3 is 15.2 Å². The molecule has 0 fully saturated rings. The molecule has 0 aliphatic heterocycles. The fourth-order valence-electron chi connectivity index (χ4n) is 2.55. The van der Waals surface area contributed by atoms with Crippen molar-refractivity contribution in [3.05, 3.63) is 66.7 Å². The van der Waals surface area contributed by atoms with Crippen molar-refractivity contribution in [2.24, 2.45) is 0 Å². The highest BCUT2D eigenvalue weighted by Crippen LogP contribution is 2.21. The SMILES string of the molecule is Oc1cccc(Oc2ccc(CCNc3ncnc4nccnc34)cc2)n1. The third-order valence-corrected chi connectivity index (χ3v) is 3.83. The molecule has 0 atom stereocenters. The zero-order chi connectivity index (χ0) is 18.5. The molecule has 134 valence electrons. The summed E-state index contributed by atoms with van der Waals surface area (Å²) in [6.07, 6.45) is 5.50. The van der Waals surface area contributed by atoms with Crippen LogP contribution in [0.2, 0.25) is 0 Å². The van der Waals surface area contributed by atoms with Gasteiger partial charge in [0, 0.05) is 31.1 Å². The van der Waals surface area contributed by atoms with E-state index in [0.29, 0.717) is 35.2 Å². The van der Waals surface area contributed by atoms with Crippen LogP contribution in [-0.2, 0) is 6.42 Å². The predicted octanol–water partition coefficient (Wildman–Crippen LogP) is 2.97. The van der Waals surface area contributed by atoms with Crippen molar-refractivity contribution >= 4 is 17.0 Å². The second kappa shape index (κ2) is 7.61. The molecular weight excluding hydrogens is 344 g/mol. The van der Waals surface area contributed by atoms with Gasteiger partial charge in [0.05, 0.1) is 0 Å². The number of anilines is 1. The highest BCUT2D eigenvalue weighted by atomic mass is 16.5. The van der Waals surface area contributed by atoms with Gasteiger partial charge in [-0.3, -0.25) is 0 Å². The van der Waals surface area contributed by atoms with Gasteiger partial charge in [-0.15, -0.1) is 0 Å². The Labute approximate surface area is 155 Å². The van der Waals surface area contributed by atoms with E-state index in [9.17, 15) is 5.11 Å². The van der Waals surface area contributed by atoms with Crippen molar-refractivity contribution in [3.63, 3.8) is 0 Å². The molecule has 8 nitrogen and oxygen atoms in total. The highest BCUT2D eigenvalue weighted by Gasteiger charge is 2.05. The lowest BCUT2D eigenvalue weighted by Gasteiger charge is -2.08. The molecule has 0 radical (unpaired) electrons. The summed E-state index contributed by atoms with van der Waals surface area (Å²) in [4.78, 5) is 20.7. The fraction of sp³-hybridized carbons (Fsp3) is 0.105. The van der Waals surface area contributed by atoms with Gasteiger partial charge in [-0.1, -0.05) is 18.2 Å². The molecule has 0 aliphatic rings. The van der Waals surface area contributed by atoms with Crippen LogP contribution in [0.1, 0.15) is 5.56 Å². The summed E-state index contributed by atoms with van der Waals surface area (Å²) >= 11 is 0. The number of pyridine rings is 1. The number of hydrogen-bond donors (Lipinski definition) is 2. The Balaban J connectivity index is 1.36. The fourth-order valence-corrected chi connectivity index (χ4v) is 2.55. The van der Waals surface area contributed by atoms with Crippen LogP contribution in [0.15, 0.2) is 61.2 Å². The lowest BCUT2D eigenvalue weighted by atomic mass is 10.1. The lowest BCUT2D eigenvalue weighted by Crippen LogP contribution is -2.08. The standard InChI is InChI=1S/C19H16N6O2/c26-15-2-1-3-16(25-15)27-14-6-4-13(5-7-14)8-9-21-18-17-19(24-12-23-18)22-11-10-20-17/h1-7,10-12H,8-9H2,(H,25,26)(H,21,22,23,24). The zero-order valence-corrected chi connectivity index (χ0v) is 14.3. The maximum atomic E-state index is 9.38. The summed E-state index contributed by atoms with van der Waals surface area (Å²) < 4.78 is 5.62. The van der Waals surface area contributed by atoms with E-state index in [4.69, 9.17) is 4.74 Å². The Morgan fingerprint density at radius 2 is 1.78 bits per heavy atom. The maximum Gasteiger partial charge on any atom is 0.222 e. The van der Waals surface area contributed by atoms with E-state index in [2.05, 4.69) is 30.2 Å². The molecule has 0 amide bonds. The van der Waals surface area contributed by atoms with Crippen molar-refractivity contribution in [2.45, 2.75) is 6.42 Å². The molecule has 0 bridgehead atoms. The van der Waals surface area contributed by atoms with Gasteiger partial charge in [0.15, 0.2) is 11.5 Å². The van der Waals surface area contributed by atoms with Crippen molar-refractivity contribution in [3.8, 4) is 17.5 Å². The Kier molecular flexibility index (Phi) is 4.69. The molecule has 0 spiro atoms. The van der Waals surface area contributed by atoms with Crippen LogP contribution in [0.3, 0.4) is 0 Å². The quantitative estimate of drug-likeness (QED) is 0.540. The van der Waals surface area contributed by atoms with Crippen molar-refractivity contribution in [2.75, 3.05) is 11.9 Å². The number of rotatable bonds is 6. The van der Waals surface area contributed by atoms with E-state index in [0.717, 1.165) is 12.0 Å². The van der Waals surface area contributed by atoms with Crippen molar-refractivity contribution in [1.82, 2.24) is 24.9 Å². The molecule has 27 heavy (non-hydrogen) atoms. The number of ether oxygens (including phenoxy) is 1. The van der Waals surface area contributed by atoms with Crippen LogP contribution >= 0.6 is 0 Å². The summed E-state index contributed by atoms with van der Waals surface area (Å²) in [6, 6.07) is 12.6. The molecule has 0 aliphatic carbocycles. The van der Waals surface area contributed by atoms with Crippen LogP contribution in [0.5, 0.6) is 17.5 Å². The smallest absolute Gasteiger partial charge is 0.222 e. The molecule has 8 heteroatoms.